The lowest BCUT2D eigenvalue weighted by Gasteiger charge is -2.19. The van der Waals surface area contributed by atoms with Crippen molar-refractivity contribution in [3.63, 3.8) is 0 Å². The number of ether oxygens (including phenoxy) is 1. The molecule has 3 N–H and O–H groups in total. The predicted molar refractivity (Wildman–Crippen MR) is 80.3 cm³/mol. The maximum atomic E-state index is 11.8. The Balaban J connectivity index is 2.65. The Morgan fingerprint density at radius 1 is 1.32 bits per heavy atom. The number of carbonyl (C=O) groups excluding carboxylic acids is 2. The molecular formula is C15H19N3O4. The number of anilines is 1. The van der Waals surface area contributed by atoms with Gasteiger partial charge in [-0.05, 0) is 45.0 Å². The number of nitriles is 1. The zero-order valence-corrected chi connectivity index (χ0v) is 12.7. The zero-order valence-electron chi connectivity index (χ0n) is 12.7. The fraction of sp³-hybridized carbons (Fsp3) is 0.400. The second kappa shape index (κ2) is 7.43. The average molecular weight is 305 g/mol. The van der Waals surface area contributed by atoms with Crippen molar-refractivity contribution in [1.29, 1.82) is 5.26 Å². The standard InChI is InChI=1S/C15H19N3O4/c1-15(2,3)22-14(21)18-11-6-4-10(5-7-11)13(20)17-12(8-16)9-19/h4-7,12,19H,9H2,1-3H3,(H,17,20)(H,18,21)/t12-/m1/s1. The Morgan fingerprint density at radius 2 is 1.91 bits per heavy atom. The van der Waals surface area contributed by atoms with E-state index in [0.29, 0.717) is 11.3 Å². The van der Waals surface area contributed by atoms with Crippen LogP contribution >= 0.6 is 0 Å². The molecule has 0 saturated heterocycles. The van der Waals surface area contributed by atoms with Gasteiger partial charge in [-0.15, -0.1) is 0 Å². The number of rotatable bonds is 4. The highest BCUT2D eigenvalue weighted by atomic mass is 16.6. The molecule has 0 saturated carbocycles. The van der Waals surface area contributed by atoms with Crippen LogP contribution in [0.15, 0.2) is 24.3 Å². The Bertz CT molecular complexity index is 570. The van der Waals surface area contributed by atoms with Gasteiger partial charge in [0.2, 0.25) is 0 Å². The zero-order chi connectivity index (χ0) is 16.8. The van der Waals surface area contributed by atoms with Crippen LogP contribution in [0, 0.1) is 11.3 Å². The number of nitrogens with one attached hydrogen (secondary N) is 2. The molecule has 0 aromatic heterocycles. The Morgan fingerprint density at radius 3 is 2.36 bits per heavy atom. The molecule has 1 atom stereocenters. The van der Waals surface area contributed by atoms with E-state index >= 15 is 0 Å². The summed E-state index contributed by atoms with van der Waals surface area (Å²) < 4.78 is 5.11. The minimum absolute atomic E-state index is 0.309. The molecule has 1 aromatic rings. The van der Waals surface area contributed by atoms with Crippen molar-refractivity contribution < 1.29 is 19.4 Å². The number of benzene rings is 1. The molecule has 0 heterocycles. The molecule has 7 heteroatoms. The number of hydrogen-bond acceptors (Lipinski definition) is 5. The molecule has 7 nitrogen and oxygen atoms in total. The van der Waals surface area contributed by atoms with E-state index < -0.39 is 30.3 Å². The fourth-order valence-corrected chi connectivity index (χ4v) is 1.49. The molecule has 1 rings (SSSR count). The molecule has 0 aliphatic carbocycles. The lowest BCUT2D eigenvalue weighted by atomic mass is 10.2. The van der Waals surface area contributed by atoms with Gasteiger partial charge in [0.1, 0.15) is 11.6 Å². The van der Waals surface area contributed by atoms with E-state index in [4.69, 9.17) is 15.1 Å². The lowest BCUT2D eigenvalue weighted by Crippen LogP contribution is -2.36. The van der Waals surface area contributed by atoms with Crippen LogP contribution in [0.2, 0.25) is 0 Å². The molecule has 0 unspecified atom stereocenters. The van der Waals surface area contributed by atoms with Crippen molar-refractivity contribution in [2.75, 3.05) is 11.9 Å². The van der Waals surface area contributed by atoms with E-state index in [2.05, 4.69) is 10.6 Å². The maximum absolute atomic E-state index is 11.8. The minimum atomic E-state index is -0.952. The van der Waals surface area contributed by atoms with Crippen LogP contribution in [0.3, 0.4) is 0 Å². The highest BCUT2D eigenvalue weighted by Gasteiger charge is 2.16. The van der Waals surface area contributed by atoms with E-state index in [1.165, 1.54) is 12.1 Å². The van der Waals surface area contributed by atoms with Crippen molar-refractivity contribution in [3.05, 3.63) is 29.8 Å². The number of aliphatic hydroxyl groups excluding tert-OH is 1. The van der Waals surface area contributed by atoms with E-state index in [1.54, 1.807) is 39.0 Å². The summed E-state index contributed by atoms with van der Waals surface area (Å²) in [5.74, 6) is -0.482. The SMILES string of the molecule is CC(C)(C)OC(=O)Nc1ccc(C(=O)N[C@H](C#N)CO)cc1. The van der Waals surface area contributed by atoms with Crippen LogP contribution in [-0.4, -0.2) is 35.4 Å². The topological polar surface area (TPSA) is 111 Å². The molecule has 0 spiro atoms. The van der Waals surface area contributed by atoms with Gasteiger partial charge in [0.15, 0.2) is 0 Å². The van der Waals surface area contributed by atoms with Gasteiger partial charge in [-0.2, -0.15) is 5.26 Å². The Hall–Kier alpha value is -2.59. The number of nitrogens with zero attached hydrogens (tertiary/aromatic N) is 1. The highest BCUT2D eigenvalue weighted by Crippen LogP contribution is 2.13. The van der Waals surface area contributed by atoms with Crippen LogP contribution in [0.1, 0.15) is 31.1 Å². The van der Waals surface area contributed by atoms with E-state index in [1.807, 2.05) is 0 Å². The van der Waals surface area contributed by atoms with Gasteiger partial charge in [-0.1, -0.05) is 0 Å². The first-order valence-corrected chi connectivity index (χ1v) is 6.66. The summed E-state index contributed by atoms with van der Waals surface area (Å²) in [5.41, 5.74) is 0.189. The molecule has 0 fully saturated rings. The summed E-state index contributed by atoms with van der Waals surface area (Å²) in [5, 5.41) is 22.4. The first-order chi connectivity index (χ1) is 10.2. The largest absolute Gasteiger partial charge is 0.444 e. The highest BCUT2D eigenvalue weighted by molar-refractivity contribution is 5.95. The van der Waals surface area contributed by atoms with Gasteiger partial charge in [0.25, 0.3) is 5.91 Å². The van der Waals surface area contributed by atoms with Gasteiger partial charge in [-0.3, -0.25) is 10.1 Å². The monoisotopic (exact) mass is 305 g/mol. The quantitative estimate of drug-likeness (QED) is 0.783. The normalized spacial score (nSPS) is 12.0. The molecule has 1 aromatic carbocycles. The van der Waals surface area contributed by atoms with Crippen molar-refractivity contribution in [2.45, 2.75) is 32.4 Å². The number of hydrogen-bond donors (Lipinski definition) is 3. The van der Waals surface area contributed by atoms with Crippen LogP contribution in [-0.2, 0) is 4.74 Å². The smallest absolute Gasteiger partial charge is 0.412 e. The van der Waals surface area contributed by atoms with Crippen molar-refractivity contribution >= 4 is 17.7 Å². The molecular weight excluding hydrogens is 286 g/mol. The summed E-state index contributed by atoms with van der Waals surface area (Å²) in [7, 11) is 0. The van der Waals surface area contributed by atoms with Crippen LogP contribution in [0.5, 0.6) is 0 Å². The summed E-state index contributed by atoms with van der Waals surface area (Å²) >= 11 is 0. The molecule has 2 amide bonds. The van der Waals surface area contributed by atoms with Crippen molar-refractivity contribution in [2.24, 2.45) is 0 Å². The molecule has 118 valence electrons. The van der Waals surface area contributed by atoms with E-state index in [0.717, 1.165) is 0 Å². The second-order valence-electron chi connectivity index (χ2n) is 5.54. The van der Waals surface area contributed by atoms with Gasteiger partial charge in [0.05, 0.1) is 12.7 Å². The van der Waals surface area contributed by atoms with E-state index in [-0.39, 0.29) is 0 Å². The van der Waals surface area contributed by atoms with Gasteiger partial charge in [-0.25, -0.2) is 4.79 Å². The summed E-state index contributed by atoms with van der Waals surface area (Å²) in [6, 6.07) is 6.87. The average Bonchev–Trinajstić information content (AvgIpc) is 2.43. The molecule has 0 aliphatic rings. The Kier molecular flexibility index (Phi) is 5.90. The van der Waals surface area contributed by atoms with Crippen molar-refractivity contribution in [1.82, 2.24) is 5.32 Å². The molecule has 0 radical (unpaired) electrons. The van der Waals surface area contributed by atoms with E-state index in [9.17, 15) is 9.59 Å². The van der Waals surface area contributed by atoms with Gasteiger partial charge in [0, 0.05) is 11.3 Å². The fourth-order valence-electron chi connectivity index (χ4n) is 1.49. The number of carbonyl (C=O) groups is 2. The minimum Gasteiger partial charge on any atom is -0.444 e. The van der Waals surface area contributed by atoms with Crippen molar-refractivity contribution in [3.8, 4) is 6.07 Å². The molecule has 0 aliphatic heterocycles. The lowest BCUT2D eigenvalue weighted by molar-refractivity contribution is 0.0635. The summed E-state index contributed by atoms with van der Waals surface area (Å²) in [4.78, 5) is 23.4. The van der Waals surface area contributed by atoms with Gasteiger partial charge >= 0.3 is 6.09 Å². The van der Waals surface area contributed by atoms with Crippen LogP contribution in [0.4, 0.5) is 10.5 Å². The van der Waals surface area contributed by atoms with Crippen LogP contribution < -0.4 is 10.6 Å². The molecule has 22 heavy (non-hydrogen) atoms. The van der Waals surface area contributed by atoms with Gasteiger partial charge < -0.3 is 15.2 Å². The first kappa shape index (κ1) is 17.5. The maximum Gasteiger partial charge on any atom is 0.412 e. The van der Waals surface area contributed by atoms with Crippen LogP contribution in [0.25, 0.3) is 0 Å². The third kappa shape index (κ3) is 5.81. The summed E-state index contributed by atoms with van der Waals surface area (Å²) in [6.07, 6.45) is -0.588. The first-order valence-electron chi connectivity index (χ1n) is 6.66. The third-order valence-electron chi connectivity index (χ3n) is 2.44. The predicted octanol–water partition coefficient (Wildman–Crippen LogP) is 1.65. The second-order valence-corrected chi connectivity index (χ2v) is 5.54. The number of aliphatic hydroxyl groups is 1. The Labute approximate surface area is 128 Å². The summed E-state index contributed by atoms with van der Waals surface area (Å²) in [6.45, 7) is 4.81. The number of amides is 2. The molecule has 0 bridgehead atoms. The third-order valence-corrected chi connectivity index (χ3v) is 2.44.